The van der Waals surface area contributed by atoms with Crippen molar-refractivity contribution in [3.05, 3.63) is 80.8 Å². The molecular formula is C18H10Cl4N2O4S2. The van der Waals surface area contributed by atoms with Gasteiger partial charge in [0, 0.05) is 10.0 Å². The monoisotopic (exact) mass is 522 g/mol. The van der Waals surface area contributed by atoms with Gasteiger partial charge in [0.25, 0.3) is 20.0 Å². The first-order valence-electron chi connectivity index (χ1n) is 7.94. The summed E-state index contributed by atoms with van der Waals surface area (Å²) in [4.78, 5) is -0.198. The molecule has 0 spiro atoms. The van der Waals surface area contributed by atoms with Crippen molar-refractivity contribution >= 4 is 77.9 Å². The normalized spacial score (nSPS) is 17.7. The van der Waals surface area contributed by atoms with Gasteiger partial charge in [0.2, 0.25) is 0 Å². The minimum atomic E-state index is -4.10. The number of nitrogens with zero attached hydrogens (tertiary/aromatic N) is 2. The summed E-state index contributed by atoms with van der Waals surface area (Å²) in [5.41, 5.74) is -0.334. The van der Waals surface area contributed by atoms with Gasteiger partial charge in [-0.2, -0.15) is 25.6 Å². The van der Waals surface area contributed by atoms with Crippen molar-refractivity contribution in [1.82, 2.24) is 0 Å². The molecule has 0 aromatic heterocycles. The maximum atomic E-state index is 12.5. The molecule has 0 radical (unpaired) electrons. The fourth-order valence-electron chi connectivity index (χ4n) is 2.24. The van der Waals surface area contributed by atoms with Crippen LogP contribution in [0.3, 0.4) is 0 Å². The molecule has 0 amide bonds. The molecule has 12 heteroatoms. The molecule has 6 nitrogen and oxygen atoms in total. The summed E-state index contributed by atoms with van der Waals surface area (Å²) < 4.78 is 57.2. The summed E-state index contributed by atoms with van der Waals surface area (Å²) in [6.45, 7) is 0. The quantitative estimate of drug-likeness (QED) is 0.514. The fraction of sp³-hybridized carbons (Fsp3) is 0. The molecule has 156 valence electrons. The van der Waals surface area contributed by atoms with E-state index in [-0.39, 0.29) is 31.3 Å². The Bertz CT molecular complexity index is 1220. The van der Waals surface area contributed by atoms with Crippen LogP contribution in [0.15, 0.2) is 89.3 Å². The third-order valence-electron chi connectivity index (χ3n) is 3.68. The largest absolute Gasteiger partial charge is 0.282 e. The lowest BCUT2D eigenvalue weighted by Gasteiger charge is -2.10. The van der Waals surface area contributed by atoms with E-state index in [0.717, 1.165) is 12.2 Å². The molecule has 0 saturated heterocycles. The van der Waals surface area contributed by atoms with Crippen LogP contribution in [0.25, 0.3) is 0 Å². The first kappa shape index (κ1) is 23.0. The van der Waals surface area contributed by atoms with Gasteiger partial charge in [-0.15, -0.1) is 0 Å². The molecule has 2 aromatic carbocycles. The highest BCUT2D eigenvalue weighted by atomic mass is 35.5. The Hall–Kier alpha value is -1.68. The average Bonchev–Trinajstić information content (AvgIpc) is 2.66. The van der Waals surface area contributed by atoms with Crippen molar-refractivity contribution < 1.29 is 16.8 Å². The van der Waals surface area contributed by atoms with Gasteiger partial charge in [0.15, 0.2) is 0 Å². The van der Waals surface area contributed by atoms with Crippen LogP contribution in [0.1, 0.15) is 0 Å². The van der Waals surface area contributed by atoms with E-state index in [1.807, 2.05) is 0 Å². The third-order valence-corrected chi connectivity index (χ3v) is 7.40. The van der Waals surface area contributed by atoms with E-state index in [0.29, 0.717) is 10.0 Å². The summed E-state index contributed by atoms with van der Waals surface area (Å²) in [7, 11) is -8.20. The van der Waals surface area contributed by atoms with E-state index in [1.54, 1.807) is 0 Å². The number of rotatable bonds is 4. The molecule has 3 rings (SSSR count). The smallest absolute Gasteiger partial charge is 0.199 e. The number of hydrogen-bond acceptors (Lipinski definition) is 4. The van der Waals surface area contributed by atoms with Crippen LogP contribution in [-0.4, -0.2) is 28.3 Å². The second-order valence-corrected chi connectivity index (χ2v) is 10.7. The SMILES string of the molecule is O=S(=O)(N=C1C=C(Cl)C(=NS(=O)(=O)c2ccc(Cl)cc2)C=C1Cl)c1ccc(Cl)cc1. The fourth-order valence-corrected chi connectivity index (χ4v) is 4.99. The zero-order chi connectivity index (χ0) is 22.1. The molecule has 0 fully saturated rings. The number of hydrogen-bond donors (Lipinski definition) is 0. The molecule has 2 aromatic rings. The lowest BCUT2D eigenvalue weighted by molar-refractivity contribution is 0.596. The lowest BCUT2D eigenvalue weighted by atomic mass is 10.1. The van der Waals surface area contributed by atoms with Crippen LogP contribution in [0.4, 0.5) is 0 Å². The van der Waals surface area contributed by atoms with Gasteiger partial charge in [-0.1, -0.05) is 46.4 Å². The summed E-state index contributed by atoms with van der Waals surface area (Å²) in [5.74, 6) is 0. The number of allylic oxidation sites excluding steroid dienone is 4. The topological polar surface area (TPSA) is 93.0 Å². The molecule has 1 aliphatic carbocycles. The zero-order valence-electron chi connectivity index (χ0n) is 14.6. The number of sulfonamides is 2. The van der Waals surface area contributed by atoms with Crippen LogP contribution in [-0.2, 0) is 20.0 Å². The van der Waals surface area contributed by atoms with E-state index in [9.17, 15) is 16.8 Å². The van der Waals surface area contributed by atoms with Crippen molar-refractivity contribution in [2.24, 2.45) is 8.80 Å². The predicted octanol–water partition coefficient (Wildman–Crippen LogP) is 5.21. The van der Waals surface area contributed by atoms with E-state index in [4.69, 9.17) is 46.4 Å². The second-order valence-electron chi connectivity index (χ2n) is 5.80. The van der Waals surface area contributed by atoms with E-state index in [1.165, 1.54) is 48.5 Å². The van der Waals surface area contributed by atoms with Gasteiger partial charge in [-0.25, -0.2) is 0 Å². The highest BCUT2D eigenvalue weighted by molar-refractivity contribution is 7.90. The Labute approximate surface area is 193 Å². The van der Waals surface area contributed by atoms with Crippen LogP contribution in [0.2, 0.25) is 10.0 Å². The van der Waals surface area contributed by atoms with Crippen LogP contribution >= 0.6 is 46.4 Å². The van der Waals surface area contributed by atoms with Crippen LogP contribution in [0, 0.1) is 0 Å². The number of benzene rings is 2. The van der Waals surface area contributed by atoms with E-state index < -0.39 is 20.0 Å². The second kappa shape index (κ2) is 8.82. The Morgan fingerprint density at radius 1 is 0.533 bits per heavy atom. The predicted molar refractivity (Wildman–Crippen MR) is 120 cm³/mol. The molecule has 0 heterocycles. The van der Waals surface area contributed by atoms with E-state index in [2.05, 4.69) is 8.80 Å². The molecular weight excluding hydrogens is 514 g/mol. The lowest BCUT2D eigenvalue weighted by Crippen LogP contribution is -2.12. The average molecular weight is 524 g/mol. The molecule has 1 aliphatic rings. The Balaban J connectivity index is 1.97. The Kier molecular flexibility index (Phi) is 6.76. The minimum absolute atomic E-state index is 0.0989. The molecule has 0 N–H and O–H groups in total. The molecule has 0 saturated carbocycles. The van der Waals surface area contributed by atoms with Crippen molar-refractivity contribution in [3.8, 4) is 0 Å². The standard InChI is InChI=1S/C18H10Cl4N2O4S2/c19-11-1-5-13(6-2-11)29(25,26)23-17-9-16(22)18(10-15(17)21)24-30(27,28)14-7-3-12(20)4-8-14/h1-10H. The van der Waals surface area contributed by atoms with Gasteiger partial charge in [-0.05, 0) is 60.7 Å². The highest BCUT2D eigenvalue weighted by Gasteiger charge is 2.22. The van der Waals surface area contributed by atoms with Crippen molar-refractivity contribution in [1.29, 1.82) is 0 Å². The van der Waals surface area contributed by atoms with Gasteiger partial charge >= 0.3 is 0 Å². The first-order chi connectivity index (χ1) is 14.0. The third kappa shape index (κ3) is 5.32. The molecule has 30 heavy (non-hydrogen) atoms. The van der Waals surface area contributed by atoms with E-state index >= 15 is 0 Å². The number of halogens is 4. The summed E-state index contributed by atoms with van der Waals surface area (Å²) in [6.07, 6.45) is 2.24. The Morgan fingerprint density at radius 3 is 1.13 bits per heavy atom. The van der Waals surface area contributed by atoms with Gasteiger partial charge in [-0.3, -0.25) is 0 Å². The maximum Gasteiger partial charge on any atom is 0.282 e. The molecule has 0 aliphatic heterocycles. The van der Waals surface area contributed by atoms with Crippen molar-refractivity contribution in [2.75, 3.05) is 0 Å². The summed E-state index contributed by atoms with van der Waals surface area (Å²) in [6, 6.07) is 10.8. The Morgan fingerprint density at radius 2 is 0.833 bits per heavy atom. The highest BCUT2D eigenvalue weighted by Crippen LogP contribution is 2.25. The van der Waals surface area contributed by atoms with Gasteiger partial charge in [0.05, 0.1) is 31.3 Å². The summed E-state index contributed by atoms with van der Waals surface area (Å²) >= 11 is 23.7. The zero-order valence-corrected chi connectivity index (χ0v) is 19.3. The maximum absolute atomic E-state index is 12.5. The molecule has 0 unspecified atom stereocenters. The van der Waals surface area contributed by atoms with Crippen molar-refractivity contribution in [3.63, 3.8) is 0 Å². The van der Waals surface area contributed by atoms with Crippen LogP contribution < -0.4 is 0 Å². The molecule has 0 bridgehead atoms. The summed E-state index contributed by atoms with van der Waals surface area (Å²) in [5, 5.41) is 0.426. The molecule has 0 atom stereocenters. The van der Waals surface area contributed by atoms with Gasteiger partial charge in [0.1, 0.15) is 0 Å². The first-order valence-corrected chi connectivity index (χ1v) is 12.3. The van der Waals surface area contributed by atoms with Crippen molar-refractivity contribution in [2.45, 2.75) is 9.79 Å². The van der Waals surface area contributed by atoms with Gasteiger partial charge < -0.3 is 0 Å². The minimum Gasteiger partial charge on any atom is -0.199 e. The van der Waals surface area contributed by atoms with Crippen LogP contribution in [0.5, 0.6) is 0 Å².